The first-order chi connectivity index (χ1) is 10.0. The molecule has 1 fully saturated rings. The van der Waals surface area contributed by atoms with Gasteiger partial charge in [0.1, 0.15) is 0 Å². The first-order valence-corrected chi connectivity index (χ1v) is 8.16. The third kappa shape index (κ3) is 3.88. The van der Waals surface area contributed by atoms with Gasteiger partial charge in [0.2, 0.25) is 0 Å². The highest BCUT2D eigenvalue weighted by Gasteiger charge is 2.25. The summed E-state index contributed by atoms with van der Waals surface area (Å²) in [5.41, 5.74) is 1.78. The Kier molecular flexibility index (Phi) is 5.45. The van der Waals surface area contributed by atoms with Crippen molar-refractivity contribution in [3.8, 4) is 0 Å². The lowest BCUT2D eigenvalue weighted by Crippen LogP contribution is -2.36. The Morgan fingerprint density at radius 1 is 1.38 bits per heavy atom. The molecule has 1 aromatic rings. The Morgan fingerprint density at radius 3 is 2.57 bits per heavy atom. The number of rotatable bonds is 6. The average Bonchev–Trinajstić information content (AvgIpc) is 2.97. The minimum atomic E-state index is -0.357. The summed E-state index contributed by atoms with van der Waals surface area (Å²) in [6, 6.07) is 5.91. The van der Waals surface area contributed by atoms with E-state index in [9.17, 15) is 10.1 Å². The lowest BCUT2D eigenvalue weighted by molar-refractivity contribution is -0.385. The number of nitro groups is 1. The van der Waals surface area contributed by atoms with Crippen LogP contribution in [-0.2, 0) is 5.88 Å². The number of benzene rings is 1. The van der Waals surface area contributed by atoms with E-state index in [-0.39, 0.29) is 16.5 Å². The van der Waals surface area contributed by atoms with Crippen LogP contribution in [0.3, 0.4) is 0 Å². The molecular weight excluding hydrogens is 288 g/mol. The van der Waals surface area contributed by atoms with Gasteiger partial charge in [0.15, 0.2) is 0 Å². The lowest BCUT2D eigenvalue weighted by atomic mass is 10.1. The van der Waals surface area contributed by atoms with E-state index in [1.165, 1.54) is 25.7 Å². The normalized spacial score (nSPS) is 15.6. The Hall–Kier alpha value is -1.29. The van der Waals surface area contributed by atoms with E-state index in [4.69, 9.17) is 11.6 Å². The molecule has 0 aromatic heterocycles. The van der Waals surface area contributed by atoms with Gasteiger partial charge in [-0.2, -0.15) is 0 Å². The topological polar surface area (TPSA) is 46.4 Å². The van der Waals surface area contributed by atoms with Crippen molar-refractivity contribution in [2.45, 2.75) is 51.5 Å². The van der Waals surface area contributed by atoms with Crippen LogP contribution in [-0.4, -0.2) is 17.5 Å². The van der Waals surface area contributed by atoms with E-state index >= 15 is 0 Å². The second-order valence-electron chi connectivity index (χ2n) is 6.19. The van der Waals surface area contributed by atoms with Gasteiger partial charge in [-0.05, 0) is 30.9 Å². The van der Waals surface area contributed by atoms with E-state index in [1.54, 1.807) is 6.07 Å². The van der Waals surface area contributed by atoms with Crippen LogP contribution >= 0.6 is 11.6 Å². The lowest BCUT2D eigenvalue weighted by Gasteiger charge is -2.33. The third-order valence-corrected chi connectivity index (χ3v) is 4.35. The predicted octanol–water partition coefficient (Wildman–Crippen LogP) is 4.74. The fourth-order valence-electron chi connectivity index (χ4n) is 3.11. The van der Waals surface area contributed by atoms with Gasteiger partial charge in [-0.25, -0.2) is 0 Å². The molecule has 5 heteroatoms. The van der Waals surface area contributed by atoms with Crippen molar-refractivity contribution in [2.24, 2.45) is 5.92 Å². The second kappa shape index (κ2) is 7.12. The molecule has 1 aliphatic rings. The van der Waals surface area contributed by atoms with Gasteiger partial charge in [0.05, 0.1) is 10.8 Å². The van der Waals surface area contributed by atoms with E-state index in [1.807, 2.05) is 12.1 Å². The molecule has 0 heterocycles. The Balaban J connectivity index is 2.32. The van der Waals surface area contributed by atoms with Crippen molar-refractivity contribution in [2.75, 3.05) is 11.4 Å². The van der Waals surface area contributed by atoms with Crippen molar-refractivity contribution >= 4 is 23.0 Å². The van der Waals surface area contributed by atoms with Crippen LogP contribution in [0.4, 0.5) is 11.4 Å². The molecule has 4 nitrogen and oxygen atoms in total. The van der Waals surface area contributed by atoms with Crippen molar-refractivity contribution in [1.29, 1.82) is 0 Å². The number of nitro benzene ring substituents is 1. The summed E-state index contributed by atoms with van der Waals surface area (Å²) in [6.07, 6.45) is 4.96. The third-order valence-electron chi connectivity index (χ3n) is 4.06. The Labute approximate surface area is 131 Å². The standard InChI is InChI=1S/C16H23ClN2O2/c1-12(2)11-18(14-5-3-4-6-14)15-7-8-16(19(20)21)13(9-15)10-17/h7-9,12,14H,3-6,10-11H2,1-2H3. The molecule has 0 atom stereocenters. The van der Waals surface area contributed by atoms with Crippen molar-refractivity contribution in [3.63, 3.8) is 0 Å². The van der Waals surface area contributed by atoms with Crippen LogP contribution in [0.5, 0.6) is 0 Å². The zero-order valence-electron chi connectivity index (χ0n) is 12.7. The fraction of sp³-hybridized carbons (Fsp3) is 0.625. The summed E-state index contributed by atoms with van der Waals surface area (Å²) in [4.78, 5) is 13.1. The molecule has 0 amide bonds. The molecular formula is C16H23ClN2O2. The number of hydrogen-bond acceptors (Lipinski definition) is 3. The van der Waals surface area contributed by atoms with Gasteiger partial charge in [0.25, 0.3) is 5.69 Å². The van der Waals surface area contributed by atoms with Crippen LogP contribution in [0.1, 0.15) is 45.1 Å². The highest BCUT2D eigenvalue weighted by Crippen LogP contribution is 2.32. The van der Waals surface area contributed by atoms with Gasteiger partial charge < -0.3 is 4.90 Å². The van der Waals surface area contributed by atoms with Crippen LogP contribution in [0.15, 0.2) is 18.2 Å². The molecule has 1 aromatic carbocycles. The molecule has 0 unspecified atom stereocenters. The minimum Gasteiger partial charge on any atom is -0.368 e. The average molecular weight is 311 g/mol. The molecule has 0 N–H and O–H groups in total. The molecule has 2 rings (SSSR count). The molecule has 21 heavy (non-hydrogen) atoms. The van der Waals surface area contributed by atoms with Crippen molar-refractivity contribution in [1.82, 2.24) is 0 Å². The zero-order chi connectivity index (χ0) is 15.4. The van der Waals surface area contributed by atoms with Crippen molar-refractivity contribution < 1.29 is 4.92 Å². The van der Waals surface area contributed by atoms with Gasteiger partial charge in [-0.3, -0.25) is 10.1 Å². The number of anilines is 1. The van der Waals surface area contributed by atoms with Crippen LogP contribution in [0.2, 0.25) is 0 Å². The maximum absolute atomic E-state index is 11.0. The van der Waals surface area contributed by atoms with Crippen LogP contribution in [0.25, 0.3) is 0 Å². The van der Waals surface area contributed by atoms with E-state index in [2.05, 4.69) is 18.7 Å². The largest absolute Gasteiger partial charge is 0.368 e. The monoisotopic (exact) mass is 310 g/mol. The molecule has 0 aliphatic heterocycles. The van der Waals surface area contributed by atoms with E-state index in [0.29, 0.717) is 17.5 Å². The molecule has 116 valence electrons. The first-order valence-electron chi connectivity index (χ1n) is 7.63. The van der Waals surface area contributed by atoms with Gasteiger partial charge in [-0.15, -0.1) is 11.6 Å². The summed E-state index contributed by atoms with van der Waals surface area (Å²) < 4.78 is 0. The summed E-state index contributed by atoms with van der Waals surface area (Å²) in [5, 5.41) is 11.0. The summed E-state index contributed by atoms with van der Waals surface area (Å²) in [7, 11) is 0. The molecule has 0 saturated heterocycles. The smallest absolute Gasteiger partial charge is 0.273 e. The number of alkyl halides is 1. The Bertz CT molecular complexity index is 499. The first kappa shape index (κ1) is 16.1. The molecule has 0 spiro atoms. The molecule has 1 aliphatic carbocycles. The minimum absolute atomic E-state index is 0.115. The molecule has 0 bridgehead atoms. The highest BCUT2D eigenvalue weighted by molar-refractivity contribution is 6.17. The maximum atomic E-state index is 11.0. The van der Waals surface area contributed by atoms with Gasteiger partial charge in [0, 0.05) is 29.9 Å². The second-order valence-corrected chi connectivity index (χ2v) is 6.46. The predicted molar refractivity (Wildman–Crippen MR) is 87.1 cm³/mol. The number of nitrogens with zero attached hydrogens (tertiary/aromatic N) is 2. The van der Waals surface area contributed by atoms with E-state index < -0.39 is 0 Å². The maximum Gasteiger partial charge on any atom is 0.273 e. The van der Waals surface area contributed by atoms with E-state index in [0.717, 1.165) is 12.2 Å². The number of halogens is 1. The SMILES string of the molecule is CC(C)CN(c1ccc([N+](=O)[O-])c(CCl)c1)C1CCCC1. The summed E-state index contributed by atoms with van der Waals surface area (Å²) >= 11 is 5.90. The fourth-order valence-corrected chi connectivity index (χ4v) is 3.32. The molecule has 1 saturated carbocycles. The zero-order valence-corrected chi connectivity index (χ0v) is 13.5. The Morgan fingerprint density at radius 2 is 2.05 bits per heavy atom. The van der Waals surface area contributed by atoms with Gasteiger partial charge in [-0.1, -0.05) is 26.7 Å². The van der Waals surface area contributed by atoms with Crippen LogP contribution < -0.4 is 4.90 Å². The van der Waals surface area contributed by atoms with Gasteiger partial charge >= 0.3 is 0 Å². The summed E-state index contributed by atoms with van der Waals surface area (Å²) in [5.74, 6) is 0.727. The molecule has 0 radical (unpaired) electrons. The number of hydrogen-bond donors (Lipinski definition) is 0. The quantitative estimate of drug-likeness (QED) is 0.433. The van der Waals surface area contributed by atoms with Crippen LogP contribution in [0, 0.1) is 16.0 Å². The van der Waals surface area contributed by atoms with Crippen molar-refractivity contribution in [3.05, 3.63) is 33.9 Å². The highest BCUT2D eigenvalue weighted by atomic mass is 35.5. The summed E-state index contributed by atoms with van der Waals surface area (Å²) in [6.45, 7) is 5.38.